The molecule has 1 aliphatic rings. The van der Waals surface area contributed by atoms with E-state index in [0.29, 0.717) is 31.9 Å². The van der Waals surface area contributed by atoms with Gasteiger partial charge in [0.2, 0.25) is 6.41 Å². The molecular weight excluding hydrogens is 390 g/mol. The number of carbonyl (C=O) groups is 1. The minimum atomic E-state index is -0.163. The Morgan fingerprint density at radius 2 is 1.84 bits per heavy atom. The maximum Gasteiger partial charge on any atom is 0.210 e. The number of aryl methyl sites for hydroxylation is 1. The molecule has 0 spiro atoms. The zero-order valence-corrected chi connectivity index (χ0v) is 17.3. The Morgan fingerprint density at radius 1 is 1.10 bits per heavy atom. The number of tetrazole rings is 1. The molecule has 1 amide bonds. The predicted molar refractivity (Wildman–Crippen MR) is 115 cm³/mol. The van der Waals surface area contributed by atoms with Gasteiger partial charge in [-0.2, -0.15) is 10.1 Å². The van der Waals surface area contributed by atoms with E-state index in [1.54, 1.807) is 0 Å². The number of piperazine rings is 1. The number of amides is 1. The van der Waals surface area contributed by atoms with E-state index < -0.39 is 0 Å². The van der Waals surface area contributed by atoms with Gasteiger partial charge in [-0.3, -0.25) is 9.69 Å². The second kappa shape index (κ2) is 9.96. The third-order valence-electron chi connectivity index (χ3n) is 5.63. The van der Waals surface area contributed by atoms with E-state index in [1.165, 1.54) is 10.4 Å². The van der Waals surface area contributed by atoms with Crippen LogP contribution in [0.1, 0.15) is 29.4 Å². The van der Waals surface area contributed by atoms with Crippen molar-refractivity contribution in [1.29, 1.82) is 5.26 Å². The fraction of sp³-hybridized carbons (Fsp3) is 0.348. The highest BCUT2D eigenvalue weighted by Crippen LogP contribution is 2.28. The van der Waals surface area contributed by atoms with Gasteiger partial charge in [0, 0.05) is 25.7 Å². The molecule has 158 valence electrons. The Kier molecular flexibility index (Phi) is 6.65. The van der Waals surface area contributed by atoms with Crippen LogP contribution in [-0.4, -0.2) is 62.1 Å². The number of aromatic nitrogens is 4. The number of hydrogen-bond acceptors (Lipinski definition) is 6. The van der Waals surface area contributed by atoms with E-state index >= 15 is 0 Å². The van der Waals surface area contributed by atoms with Crippen LogP contribution in [0.2, 0.25) is 0 Å². The van der Waals surface area contributed by atoms with E-state index in [-0.39, 0.29) is 12.1 Å². The van der Waals surface area contributed by atoms with Gasteiger partial charge in [-0.1, -0.05) is 60.7 Å². The summed E-state index contributed by atoms with van der Waals surface area (Å²) in [6.45, 7) is 2.49. The molecule has 0 bridgehead atoms. The lowest BCUT2D eigenvalue weighted by molar-refractivity contribution is -0.123. The van der Waals surface area contributed by atoms with Crippen molar-refractivity contribution in [3.8, 4) is 6.07 Å². The van der Waals surface area contributed by atoms with Crippen LogP contribution in [0.3, 0.4) is 0 Å². The number of benzene rings is 2. The molecule has 1 saturated heterocycles. The van der Waals surface area contributed by atoms with Crippen LogP contribution < -0.4 is 0 Å². The molecule has 2 unspecified atom stereocenters. The van der Waals surface area contributed by atoms with Crippen molar-refractivity contribution in [1.82, 2.24) is 30.0 Å². The number of carbonyl (C=O) groups excluding carboxylic acids is 1. The van der Waals surface area contributed by atoms with Gasteiger partial charge >= 0.3 is 0 Å². The number of hydrogen-bond donors (Lipinski definition) is 0. The van der Waals surface area contributed by atoms with Crippen LogP contribution in [0.15, 0.2) is 60.7 Å². The van der Waals surface area contributed by atoms with Gasteiger partial charge < -0.3 is 4.90 Å². The number of nitriles is 1. The van der Waals surface area contributed by atoms with E-state index in [0.717, 1.165) is 24.9 Å². The molecule has 3 aromatic rings. The Labute approximate surface area is 181 Å². The Morgan fingerprint density at radius 3 is 2.55 bits per heavy atom. The molecule has 1 aromatic heterocycles. The number of rotatable bonds is 8. The average molecular weight is 416 g/mol. The maximum absolute atomic E-state index is 11.7. The van der Waals surface area contributed by atoms with Gasteiger partial charge in [0.05, 0.1) is 25.1 Å². The normalized spacial score (nSPS) is 17.8. The van der Waals surface area contributed by atoms with E-state index in [4.69, 9.17) is 5.26 Å². The highest BCUT2D eigenvalue weighted by atomic mass is 16.1. The second-order valence-corrected chi connectivity index (χ2v) is 7.65. The standard InChI is InChI=1S/C23H25N7O/c24-12-7-13-30-26-23(25-27-30)22(20-10-5-2-6-11-20)28-14-15-29(18-31)21(17-28)16-19-8-3-1-4-9-19/h1-6,8-11,18,21-22H,7,13-17H2. The van der Waals surface area contributed by atoms with Crippen molar-refractivity contribution in [2.45, 2.75) is 31.5 Å². The molecule has 4 rings (SSSR count). The molecule has 1 fully saturated rings. The van der Waals surface area contributed by atoms with Crippen LogP contribution in [0.5, 0.6) is 0 Å². The molecule has 0 aliphatic carbocycles. The summed E-state index contributed by atoms with van der Waals surface area (Å²) >= 11 is 0. The van der Waals surface area contributed by atoms with Crippen LogP contribution in [0.25, 0.3) is 0 Å². The quantitative estimate of drug-likeness (QED) is 0.523. The number of nitrogens with zero attached hydrogens (tertiary/aromatic N) is 7. The Balaban J connectivity index is 1.61. The molecule has 2 atom stereocenters. The zero-order chi connectivity index (χ0) is 21.5. The minimum absolute atomic E-state index is 0.0634. The van der Waals surface area contributed by atoms with Crippen molar-refractivity contribution >= 4 is 6.41 Å². The van der Waals surface area contributed by atoms with Crippen molar-refractivity contribution in [2.24, 2.45) is 0 Å². The lowest BCUT2D eigenvalue weighted by atomic mass is 9.98. The summed E-state index contributed by atoms with van der Waals surface area (Å²) in [5.74, 6) is 0.613. The average Bonchev–Trinajstić information content (AvgIpc) is 3.28. The van der Waals surface area contributed by atoms with Crippen molar-refractivity contribution in [3.05, 3.63) is 77.6 Å². The van der Waals surface area contributed by atoms with E-state index in [9.17, 15) is 4.79 Å². The topological polar surface area (TPSA) is 90.9 Å². The highest BCUT2D eigenvalue weighted by Gasteiger charge is 2.34. The van der Waals surface area contributed by atoms with Gasteiger partial charge in [-0.25, -0.2) is 0 Å². The summed E-state index contributed by atoms with van der Waals surface area (Å²) in [7, 11) is 0. The van der Waals surface area contributed by atoms with Gasteiger partial charge in [0.25, 0.3) is 0 Å². The van der Waals surface area contributed by atoms with Crippen molar-refractivity contribution < 1.29 is 4.79 Å². The lowest BCUT2D eigenvalue weighted by Gasteiger charge is -2.42. The van der Waals surface area contributed by atoms with E-state index in [1.807, 2.05) is 41.3 Å². The molecule has 8 nitrogen and oxygen atoms in total. The van der Waals surface area contributed by atoms with Gasteiger partial charge in [-0.05, 0) is 22.8 Å². The molecular formula is C23H25N7O. The Hall–Kier alpha value is -3.57. The fourth-order valence-electron chi connectivity index (χ4n) is 4.10. The third kappa shape index (κ3) is 4.95. The molecule has 0 saturated carbocycles. The van der Waals surface area contributed by atoms with Gasteiger partial charge in [-0.15, -0.1) is 10.2 Å². The highest BCUT2D eigenvalue weighted by molar-refractivity contribution is 5.48. The van der Waals surface area contributed by atoms with Crippen LogP contribution in [0.4, 0.5) is 0 Å². The zero-order valence-electron chi connectivity index (χ0n) is 17.3. The first-order chi connectivity index (χ1) is 15.3. The van der Waals surface area contributed by atoms with Crippen molar-refractivity contribution in [3.63, 3.8) is 0 Å². The summed E-state index contributed by atoms with van der Waals surface area (Å²) in [5.41, 5.74) is 2.29. The second-order valence-electron chi connectivity index (χ2n) is 7.65. The fourth-order valence-corrected chi connectivity index (χ4v) is 4.10. The summed E-state index contributed by atoms with van der Waals surface area (Å²) < 4.78 is 0. The first kappa shape index (κ1) is 20.7. The summed E-state index contributed by atoms with van der Waals surface area (Å²) in [6, 6.07) is 22.4. The van der Waals surface area contributed by atoms with Gasteiger partial charge in [0.1, 0.15) is 0 Å². The molecule has 2 heterocycles. The summed E-state index contributed by atoms with van der Waals surface area (Å²) in [4.78, 5) is 17.4. The smallest absolute Gasteiger partial charge is 0.210 e. The molecule has 2 aromatic carbocycles. The summed E-state index contributed by atoms with van der Waals surface area (Å²) in [6.07, 6.45) is 2.09. The predicted octanol–water partition coefficient (Wildman–Crippen LogP) is 2.06. The first-order valence-electron chi connectivity index (χ1n) is 10.5. The third-order valence-corrected chi connectivity index (χ3v) is 5.63. The van der Waals surface area contributed by atoms with E-state index in [2.05, 4.69) is 50.6 Å². The minimum Gasteiger partial charge on any atom is -0.339 e. The van der Waals surface area contributed by atoms with Crippen LogP contribution in [-0.2, 0) is 17.8 Å². The van der Waals surface area contributed by atoms with Gasteiger partial charge in [0.15, 0.2) is 5.82 Å². The van der Waals surface area contributed by atoms with Crippen LogP contribution >= 0.6 is 0 Å². The maximum atomic E-state index is 11.7. The molecule has 1 aliphatic heterocycles. The molecule has 8 heteroatoms. The lowest BCUT2D eigenvalue weighted by Crippen LogP contribution is -2.54. The monoisotopic (exact) mass is 415 g/mol. The van der Waals surface area contributed by atoms with Crippen LogP contribution in [0, 0.1) is 11.3 Å². The largest absolute Gasteiger partial charge is 0.339 e. The molecule has 0 N–H and O–H groups in total. The molecule has 0 radical (unpaired) electrons. The SMILES string of the molecule is N#CCCn1nnc(C(c2ccccc2)N2CCN(C=O)C(Cc3ccccc3)C2)n1. The first-order valence-corrected chi connectivity index (χ1v) is 10.5. The van der Waals surface area contributed by atoms with Crippen molar-refractivity contribution in [2.75, 3.05) is 19.6 Å². The molecule has 31 heavy (non-hydrogen) atoms. The Bertz CT molecular complexity index is 1020. The summed E-state index contributed by atoms with van der Waals surface area (Å²) in [5, 5.41) is 21.9.